The molecular weight excluding hydrogens is 338 g/mol. The molecule has 0 spiro atoms. The molecule has 0 bridgehead atoms. The van der Waals surface area contributed by atoms with Crippen molar-refractivity contribution in [3.8, 4) is 0 Å². The topological polar surface area (TPSA) is 110 Å². The molecular formula is C9H15NaO6SSe. The van der Waals surface area contributed by atoms with Crippen LogP contribution in [0.3, 0.4) is 0 Å². The molecule has 4 unspecified atom stereocenters. The summed E-state index contributed by atoms with van der Waals surface area (Å²) in [4.78, 5) is 10.2. The van der Waals surface area contributed by atoms with Gasteiger partial charge in [0.2, 0.25) is 0 Å². The first-order valence-corrected chi connectivity index (χ1v) is 8.43. The van der Waals surface area contributed by atoms with Crippen molar-refractivity contribution in [2.45, 2.75) is 29.7 Å². The van der Waals surface area contributed by atoms with Gasteiger partial charge < -0.3 is 0 Å². The second kappa shape index (κ2) is 9.99. The Balaban J connectivity index is 0.00000289. The number of hydrogen-bond donors (Lipinski definition) is 3. The van der Waals surface area contributed by atoms with Crippen molar-refractivity contribution < 1.29 is 59.5 Å². The van der Waals surface area contributed by atoms with Crippen molar-refractivity contribution >= 4 is 32.7 Å². The van der Waals surface area contributed by atoms with E-state index in [1.807, 2.05) is 0 Å². The number of carboxylic acid groups (broad SMARTS) is 1. The fourth-order valence-electron chi connectivity index (χ4n) is 1.26. The van der Waals surface area contributed by atoms with Gasteiger partial charge in [-0.25, -0.2) is 0 Å². The molecule has 18 heavy (non-hydrogen) atoms. The van der Waals surface area contributed by atoms with E-state index in [4.69, 9.17) is 4.74 Å². The number of aliphatic hydroxyl groups is 3. The van der Waals surface area contributed by atoms with E-state index in [9.17, 15) is 25.2 Å². The van der Waals surface area contributed by atoms with Crippen LogP contribution in [0.25, 0.3) is 0 Å². The average molecular weight is 353 g/mol. The van der Waals surface area contributed by atoms with Crippen molar-refractivity contribution in [3.63, 3.8) is 0 Å². The van der Waals surface area contributed by atoms with E-state index < -0.39 is 29.3 Å². The number of carboxylic acids is 1. The van der Waals surface area contributed by atoms with E-state index in [2.05, 4.69) is 0 Å². The molecule has 0 aromatic heterocycles. The minimum absolute atomic E-state index is 0. The molecule has 1 fully saturated rings. The van der Waals surface area contributed by atoms with E-state index in [-0.39, 0.29) is 57.5 Å². The zero-order chi connectivity index (χ0) is 12.8. The van der Waals surface area contributed by atoms with Crippen LogP contribution in [0.2, 0.25) is 0 Å². The quantitative estimate of drug-likeness (QED) is 0.322. The van der Waals surface area contributed by atoms with Crippen LogP contribution < -0.4 is 34.7 Å². The SMILES string of the molecule is O=C([O-])CCSC[Se]C1OCC(O)C(O)C1O.[Na+]. The smallest absolute Gasteiger partial charge is 1.00 e. The predicted molar refractivity (Wildman–Crippen MR) is 60.5 cm³/mol. The molecule has 0 aliphatic carbocycles. The molecule has 1 aliphatic rings. The second-order valence-electron chi connectivity index (χ2n) is 3.57. The molecule has 1 aliphatic heterocycles. The fraction of sp³-hybridized carbons (Fsp3) is 0.889. The number of thioether (sulfide) groups is 1. The summed E-state index contributed by atoms with van der Waals surface area (Å²) in [5.74, 6) is -0.601. The molecule has 6 nitrogen and oxygen atoms in total. The van der Waals surface area contributed by atoms with E-state index in [0.29, 0.717) is 10.4 Å². The summed E-state index contributed by atoms with van der Waals surface area (Å²) >= 11 is 1.38. The maximum absolute atomic E-state index is 10.2. The van der Waals surface area contributed by atoms with Gasteiger partial charge in [-0.3, -0.25) is 0 Å². The zero-order valence-electron chi connectivity index (χ0n) is 10.0. The summed E-state index contributed by atoms with van der Waals surface area (Å²) in [5, 5.41) is 38.0. The third-order valence-electron chi connectivity index (χ3n) is 2.22. The van der Waals surface area contributed by atoms with Gasteiger partial charge >= 0.3 is 139 Å². The van der Waals surface area contributed by atoms with Crippen molar-refractivity contribution in [2.75, 3.05) is 17.0 Å². The Morgan fingerprint density at radius 3 is 2.67 bits per heavy atom. The Hall–Kier alpha value is 1.18. The maximum Gasteiger partial charge on any atom is 1.00 e. The number of hydrogen-bond acceptors (Lipinski definition) is 7. The van der Waals surface area contributed by atoms with Gasteiger partial charge in [-0.05, 0) is 0 Å². The molecule has 0 saturated carbocycles. The monoisotopic (exact) mass is 354 g/mol. The second-order valence-corrected chi connectivity index (χ2v) is 7.77. The van der Waals surface area contributed by atoms with E-state index >= 15 is 0 Å². The van der Waals surface area contributed by atoms with Gasteiger partial charge in [0.15, 0.2) is 0 Å². The van der Waals surface area contributed by atoms with Crippen LogP contribution in [0.4, 0.5) is 0 Å². The Bertz CT molecular complexity index is 259. The van der Waals surface area contributed by atoms with Gasteiger partial charge in [-0.2, -0.15) is 0 Å². The van der Waals surface area contributed by atoms with Gasteiger partial charge in [-0.15, -0.1) is 0 Å². The molecule has 3 N–H and O–H groups in total. The summed E-state index contributed by atoms with van der Waals surface area (Å²) in [6, 6.07) is 0. The minimum Gasteiger partial charge on any atom is 1.00 e. The van der Waals surface area contributed by atoms with Crippen molar-refractivity contribution in [2.24, 2.45) is 0 Å². The molecule has 0 amide bonds. The molecule has 1 heterocycles. The van der Waals surface area contributed by atoms with Crippen molar-refractivity contribution in [1.82, 2.24) is 0 Å². The molecule has 0 aromatic carbocycles. The van der Waals surface area contributed by atoms with Gasteiger partial charge in [0, 0.05) is 0 Å². The third-order valence-corrected chi connectivity index (χ3v) is 6.48. The average Bonchev–Trinajstić information content (AvgIpc) is 2.28. The predicted octanol–water partition coefficient (Wildman–Crippen LogP) is -6.04. The Morgan fingerprint density at radius 2 is 2.06 bits per heavy atom. The largest absolute Gasteiger partial charge is 1.00 e. The van der Waals surface area contributed by atoms with Crippen LogP contribution in [0.5, 0.6) is 0 Å². The molecule has 1 saturated heterocycles. The van der Waals surface area contributed by atoms with Crippen LogP contribution in [-0.2, 0) is 9.53 Å². The van der Waals surface area contributed by atoms with Gasteiger partial charge in [0.05, 0.1) is 0 Å². The first-order valence-electron chi connectivity index (χ1n) is 5.07. The summed E-state index contributed by atoms with van der Waals surface area (Å²) in [6.07, 6.45) is -3.26. The Morgan fingerprint density at radius 1 is 1.39 bits per heavy atom. The summed E-state index contributed by atoms with van der Waals surface area (Å²) in [5.41, 5.74) is 0. The standard InChI is InChI=1S/C9H16O6SSe.Na/c10-5-3-15-9(8(14)7(5)13)17-4-16-2-1-6(11)12;/h5,7-10,13-14H,1-4H2,(H,11,12);/q;+1/p-1. The summed E-state index contributed by atoms with van der Waals surface area (Å²) in [6.45, 7) is 0.0222. The van der Waals surface area contributed by atoms with Crippen molar-refractivity contribution in [1.29, 1.82) is 0 Å². The van der Waals surface area contributed by atoms with Crippen molar-refractivity contribution in [3.05, 3.63) is 0 Å². The maximum atomic E-state index is 10.2. The number of carbonyl (C=O) groups is 1. The summed E-state index contributed by atoms with van der Waals surface area (Å²) < 4.78 is 5.91. The van der Waals surface area contributed by atoms with E-state index in [1.54, 1.807) is 0 Å². The van der Waals surface area contributed by atoms with Gasteiger partial charge in [-0.1, -0.05) is 0 Å². The normalized spacial score (nSPS) is 31.7. The number of carbonyl (C=O) groups excluding carboxylic acids is 1. The minimum atomic E-state index is -1.16. The molecule has 0 aromatic rings. The Labute approximate surface area is 138 Å². The fourth-order valence-corrected chi connectivity index (χ4v) is 5.22. The number of ether oxygens (including phenoxy) is 1. The van der Waals surface area contributed by atoms with E-state index in [1.165, 1.54) is 11.8 Å². The number of rotatable bonds is 6. The van der Waals surface area contributed by atoms with Crippen LogP contribution in [-0.4, -0.2) is 76.6 Å². The number of aliphatic carboxylic acids is 1. The molecule has 0 radical (unpaired) electrons. The summed E-state index contributed by atoms with van der Waals surface area (Å²) in [7, 11) is 0. The van der Waals surface area contributed by atoms with Gasteiger partial charge in [0.25, 0.3) is 0 Å². The third kappa shape index (κ3) is 6.56. The molecule has 4 atom stereocenters. The van der Waals surface area contributed by atoms with Crippen LogP contribution in [0, 0.1) is 0 Å². The first kappa shape index (κ1) is 19.2. The van der Waals surface area contributed by atoms with Crippen LogP contribution in [0.15, 0.2) is 0 Å². The first-order chi connectivity index (χ1) is 8.02. The van der Waals surface area contributed by atoms with E-state index in [0.717, 1.165) is 0 Å². The number of aliphatic hydroxyl groups excluding tert-OH is 3. The zero-order valence-corrected chi connectivity index (χ0v) is 14.6. The van der Waals surface area contributed by atoms with Crippen LogP contribution >= 0.6 is 11.8 Å². The molecule has 9 heteroatoms. The van der Waals surface area contributed by atoms with Gasteiger partial charge in [0.1, 0.15) is 0 Å². The van der Waals surface area contributed by atoms with Crippen LogP contribution in [0.1, 0.15) is 6.42 Å². The molecule has 1 rings (SSSR count). The molecule has 100 valence electrons. The Kier molecular flexibility index (Phi) is 10.6.